The van der Waals surface area contributed by atoms with Crippen molar-refractivity contribution in [3.8, 4) is 0 Å². The lowest BCUT2D eigenvalue weighted by molar-refractivity contribution is -0.153. The van der Waals surface area contributed by atoms with Crippen LogP contribution in [0.5, 0.6) is 0 Å². The van der Waals surface area contributed by atoms with Gasteiger partial charge in [-0.05, 0) is 44.5 Å². The molecule has 4 aliphatic rings. The van der Waals surface area contributed by atoms with E-state index in [1.165, 1.54) is 16.7 Å². The average Bonchev–Trinajstić information content (AvgIpc) is 3.24. The molecule has 2 amide bonds. The number of nitrogens with zero attached hydrogens (tertiary/aromatic N) is 3. The smallest absolute Gasteiger partial charge is 0.311 e. The van der Waals surface area contributed by atoms with E-state index < -0.39 is 22.6 Å². The Kier molecular flexibility index (Phi) is 6.87. The van der Waals surface area contributed by atoms with Crippen molar-refractivity contribution in [1.29, 1.82) is 0 Å². The van der Waals surface area contributed by atoms with Gasteiger partial charge in [0.05, 0.1) is 29.8 Å². The van der Waals surface area contributed by atoms with Gasteiger partial charge in [-0.2, -0.15) is 0 Å². The highest BCUT2D eigenvalue weighted by Gasteiger charge is 2.70. The maximum absolute atomic E-state index is 14.2. The van der Waals surface area contributed by atoms with E-state index in [4.69, 9.17) is 4.74 Å². The average molecular weight is 512 g/mol. The number of thioether (sulfide) groups is 1. The van der Waals surface area contributed by atoms with Gasteiger partial charge >= 0.3 is 5.97 Å². The van der Waals surface area contributed by atoms with Crippen LogP contribution in [0.15, 0.2) is 48.6 Å². The molecule has 5 rings (SSSR count). The van der Waals surface area contributed by atoms with Crippen molar-refractivity contribution >= 4 is 40.9 Å². The Morgan fingerprint density at radius 3 is 2.56 bits per heavy atom. The molecule has 1 N–H and O–H groups in total. The molecule has 0 saturated carbocycles. The maximum atomic E-state index is 14.2. The molecule has 1 spiro atoms. The molecule has 9 heteroatoms. The molecule has 1 aromatic carbocycles. The summed E-state index contributed by atoms with van der Waals surface area (Å²) < 4.78 is 4.57. The number of hydrogen-bond acceptors (Lipinski definition) is 7. The van der Waals surface area contributed by atoms with Crippen LogP contribution in [0.2, 0.25) is 0 Å². The molecule has 4 aliphatic heterocycles. The first-order valence-corrected chi connectivity index (χ1v) is 13.6. The van der Waals surface area contributed by atoms with Crippen LogP contribution in [0.4, 0.5) is 11.4 Å². The molecule has 5 atom stereocenters. The zero-order chi connectivity index (χ0) is 25.4. The highest BCUT2D eigenvalue weighted by molar-refractivity contribution is 8.02. The van der Waals surface area contributed by atoms with Gasteiger partial charge in [0.15, 0.2) is 0 Å². The van der Waals surface area contributed by atoms with Crippen LogP contribution >= 0.6 is 11.8 Å². The van der Waals surface area contributed by atoms with Crippen LogP contribution in [0.1, 0.15) is 20.3 Å². The van der Waals surface area contributed by atoms with Crippen molar-refractivity contribution in [3.63, 3.8) is 0 Å². The Hall–Kier alpha value is -2.78. The van der Waals surface area contributed by atoms with Crippen molar-refractivity contribution in [1.82, 2.24) is 4.90 Å². The fourth-order valence-corrected chi connectivity index (χ4v) is 8.12. The van der Waals surface area contributed by atoms with E-state index in [-0.39, 0.29) is 42.8 Å². The Labute approximate surface area is 215 Å². The maximum Gasteiger partial charge on any atom is 0.311 e. The highest BCUT2D eigenvalue weighted by Crippen LogP contribution is 2.60. The van der Waals surface area contributed by atoms with E-state index in [1.54, 1.807) is 4.90 Å². The summed E-state index contributed by atoms with van der Waals surface area (Å²) >= 11 is 1.51. The molecule has 192 valence electrons. The van der Waals surface area contributed by atoms with E-state index in [0.717, 1.165) is 24.5 Å². The molecule has 1 aromatic rings. The number of aliphatic hydroxyl groups excluding tert-OH is 1. The summed E-state index contributed by atoms with van der Waals surface area (Å²) in [6, 6.07) is 7.10. The largest absolute Gasteiger partial charge is 0.465 e. The summed E-state index contributed by atoms with van der Waals surface area (Å²) in [6.07, 6.45) is 8.53. The van der Waals surface area contributed by atoms with Gasteiger partial charge in [-0.3, -0.25) is 14.4 Å². The number of aliphatic hydroxyl groups is 1. The number of ether oxygens (including phenoxy) is 1. The number of esters is 1. The van der Waals surface area contributed by atoms with Gasteiger partial charge in [-0.15, -0.1) is 11.8 Å². The Bertz CT molecular complexity index is 1090. The quantitative estimate of drug-likeness (QED) is 0.463. The molecule has 8 nitrogen and oxygen atoms in total. The minimum atomic E-state index is -0.901. The van der Waals surface area contributed by atoms with E-state index >= 15 is 0 Å². The Morgan fingerprint density at radius 1 is 1.11 bits per heavy atom. The fourth-order valence-electron chi connectivity index (χ4n) is 6.12. The second-order valence-corrected chi connectivity index (χ2v) is 11.0. The SMILES string of the molecule is CCN(CC)c1ccc(N2CC=C[C@]34S[C@H]5C=CCCOC(=O)[C@H]5[C@H]3C(=O)N(CCO)C4C2=O)cc1. The summed E-state index contributed by atoms with van der Waals surface area (Å²) in [5.74, 6) is -2.23. The molecule has 2 fully saturated rings. The minimum Gasteiger partial charge on any atom is -0.465 e. The van der Waals surface area contributed by atoms with E-state index in [0.29, 0.717) is 13.0 Å². The molecule has 36 heavy (non-hydrogen) atoms. The Morgan fingerprint density at radius 2 is 1.86 bits per heavy atom. The van der Waals surface area contributed by atoms with Crippen LogP contribution in [0.3, 0.4) is 0 Å². The van der Waals surface area contributed by atoms with Crippen molar-refractivity contribution in [3.05, 3.63) is 48.6 Å². The van der Waals surface area contributed by atoms with Gasteiger partial charge in [-0.1, -0.05) is 24.3 Å². The number of rotatable bonds is 6. The van der Waals surface area contributed by atoms with Gasteiger partial charge in [0.2, 0.25) is 5.91 Å². The summed E-state index contributed by atoms with van der Waals surface area (Å²) in [5.41, 5.74) is 1.84. The monoisotopic (exact) mass is 511 g/mol. The number of anilines is 2. The first-order valence-electron chi connectivity index (χ1n) is 12.7. The molecule has 0 radical (unpaired) electrons. The molecule has 2 saturated heterocycles. The van der Waals surface area contributed by atoms with Crippen LogP contribution in [-0.2, 0) is 19.1 Å². The molecular formula is C27H33N3O5S. The predicted octanol–water partition coefficient (Wildman–Crippen LogP) is 2.23. The van der Waals surface area contributed by atoms with E-state index in [2.05, 4.69) is 18.7 Å². The third-order valence-corrected chi connectivity index (χ3v) is 9.50. The molecule has 0 aliphatic carbocycles. The number of fused-ring (bicyclic) bond motifs is 2. The number of cyclic esters (lactones) is 1. The first-order chi connectivity index (χ1) is 17.5. The zero-order valence-corrected chi connectivity index (χ0v) is 21.5. The third kappa shape index (κ3) is 3.84. The molecule has 0 aromatic heterocycles. The topological polar surface area (TPSA) is 90.4 Å². The standard InChI is InChI=1S/C27H33N3O5S/c1-3-28(4-2)18-9-11-19(12-10-18)29-14-7-13-27-22(24(32)30(15-16-31)23(27)25(29)33)21-20(36-27)8-5-6-17-35-26(21)34/h5,7-13,20-23,31H,3-4,6,14-17H2,1-2H3/t20-,21+,22-,23?,27-/m0/s1. The number of carbonyl (C=O) groups excluding carboxylic acids is 3. The summed E-state index contributed by atoms with van der Waals surface area (Å²) in [7, 11) is 0. The minimum absolute atomic E-state index is 0.0406. The van der Waals surface area contributed by atoms with Crippen molar-refractivity contribution < 1.29 is 24.2 Å². The molecule has 4 heterocycles. The lowest BCUT2D eigenvalue weighted by Gasteiger charge is -2.35. The van der Waals surface area contributed by atoms with Crippen LogP contribution in [0, 0.1) is 11.8 Å². The summed E-state index contributed by atoms with van der Waals surface area (Å²) in [6.45, 7) is 6.43. The van der Waals surface area contributed by atoms with Crippen molar-refractivity contribution in [2.75, 3.05) is 49.2 Å². The van der Waals surface area contributed by atoms with E-state index in [9.17, 15) is 19.5 Å². The number of likely N-dealkylation sites (tertiary alicyclic amines) is 1. The highest BCUT2D eigenvalue weighted by atomic mass is 32.2. The lowest BCUT2D eigenvalue weighted by Crippen LogP contribution is -2.53. The number of amides is 2. The van der Waals surface area contributed by atoms with Crippen molar-refractivity contribution in [2.45, 2.75) is 36.3 Å². The van der Waals surface area contributed by atoms with Gasteiger partial charge < -0.3 is 24.5 Å². The first kappa shape index (κ1) is 24.9. The van der Waals surface area contributed by atoms with Crippen LogP contribution in [-0.4, -0.2) is 83.2 Å². The van der Waals surface area contributed by atoms with E-state index in [1.807, 2.05) is 48.6 Å². The predicted molar refractivity (Wildman–Crippen MR) is 140 cm³/mol. The summed E-state index contributed by atoms with van der Waals surface area (Å²) in [5, 5.41) is 9.53. The molecule has 1 unspecified atom stereocenters. The van der Waals surface area contributed by atoms with Gasteiger partial charge in [0.25, 0.3) is 5.91 Å². The second-order valence-electron chi connectivity index (χ2n) is 9.52. The number of β-amino-alcohol motifs (C(OH)–C–C–N with tert-alkyl or cyclic N) is 1. The second kappa shape index (κ2) is 9.94. The fraction of sp³-hybridized carbons (Fsp3) is 0.519. The third-order valence-electron chi connectivity index (χ3n) is 7.75. The van der Waals surface area contributed by atoms with Crippen molar-refractivity contribution in [2.24, 2.45) is 11.8 Å². The number of benzene rings is 1. The number of hydrogen-bond donors (Lipinski definition) is 1. The van der Waals surface area contributed by atoms with Gasteiger partial charge in [0.1, 0.15) is 6.04 Å². The zero-order valence-electron chi connectivity index (χ0n) is 20.7. The van der Waals surface area contributed by atoms with Crippen LogP contribution in [0.25, 0.3) is 0 Å². The Balaban J connectivity index is 1.54. The molecular weight excluding hydrogens is 478 g/mol. The normalized spacial score (nSPS) is 31.4. The summed E-state index contributed by atoms with van der Waals surface area (Å²) in [4.78, 5) is 46.5. The van der Waals surface area contributed by atoms with Crippen LogP contribution < -0.4 is 9.80 Å². The van der Waals surface area contributed by atoms with Gasteiger partial charge in [-0.25, -0.2) is 0 Å². The lowest BCUT2D eigenvalue weighted by atomic mass is 9.78. The molecule has 0 bridgehead atoms. The number of carbonyl (C=O) groups is 3. The van der Waals surface area contributed by atoms with Gasteiger partial charge in [0, 0.05) is 42.8 Å².